The molecule has 1 amide bonds. The van der Waals surface area contributed by atoms with Gasteiger partial charge in [0.05, 0.1) is 5.56 Å². The number of nitrogens with one attached hydrogen (secondary N) is 1. The molecule has 170 valence electrons. The number of hydrogen-bond acceptors (Lipinski definition) is 5. The molecular weight excluding hydrogens is 440 g/mol. The molecular formula is C25H25ClN4O3. The highest BCUT2D eigenvalue weighted by Crippen LogP contribution is 2.28. The molecule has 7 nitrogen and oxygen atoms in total. The van der Waals surface area contributed by atoms with Crippen LogP contribution in [0.25, 0.3) is 22.3 Å². The second-order valence-corrected chi connectivity index (χ2v) is 9.08. The second kappa shape index (κ2) is 8.83. The average molecular weight is 465 g/mol. The van der Waals surface area contributed by atoms with Gasteiger partial charge < -0.3 is 14.4 Å². The van der Waals surface area contributed by atoms with Gasteiger partial charge in [-0.15, -0.1) is 11.6 Å². The van der Waals surface area contributed by atoms with Crippen LogP contribution in [-0.4, -0.2) is 26.4 Å². The van der Waals surface area contributed by atoms with Crippen molar-refractivity contribution in [2.45, 2.75) is 45.5 Å². The number of alkyl halides is 1. The molecule has 0 unspecified atom stereocenters. The summed E-state index contributed by atoms with van der Waals surface area (Å²) in [6.45, 7) is 8.98. The van der Waals surface area contributed by atoms with Gasteiger partial charge in [-0.1, -0.05) is 38.1 Å². The van der Waals surface area contributed by atoms with Crippen molar-refractivity contribution >= 4 is 39.9 Å². The van der Waals surface area contributed by atoms with Gasteiger partial charge in [-0.3, -0.25) is 9.59 Å². The highest BCUT2D eigenvalue weighted by Gasteiger charge is 2.23. The number of carbonyl (C=O) groups excluding carboxylic acids is 2. The zero-order valence-corrected chi connectivity index (χ0v) is 19.7. The number of aryl methyl sites for hydroxylation is 1. The molecule has 2 heterocycles. The number of ketones is 1. The predicted molar refractivity (Wildman–Crippen MR) is 129 cm³/mol. The molecule has 1 N–H and O–H groups in total. The quantitative estimate of drug-likeness (QED) is 0.229. The zero-order valence-electron chi connectivity index (χ0n) is 19.0. The second-order valence-electron chi connectivity index (χ2n) is 8.82. The Hall–Kier alpha value is -3.45. The Kier molecular flexibility index (Phi) is 6.08. The number of fused-ring (bicyclic) bond motifs is 1. The number of halogens is 1. The summed E-state index contributed by atoms with van der Waals surface area (Å²) in [6, 6.07) is 13.1. The normalized spacial score (nSPS) is 11.7. The number of hydrogen-bond donors (Lipinski definition) is 1. The first kappa shape index (κ1) is 22.7. The van der Waals surface area contributed by atoms with Crippen molar-refractivity contribution in [2.75, 3.05) is 5.32 Å². The fourth-order valence-electron chi connectivity index (χ4n) is 3.67. The van der Waals surface area contributed by atoms with Gasteiger partial charge in [0.15, 0.2) is 0 Å². The maximum absolute atomic E-state index is 13.1. The maximum Gasteiger partial charge on any atom is 0.296 e. The van der Waals surface area contributed by atoms with Crippen LogP contribution in [0.2, 0.25) is 0 Å². The molecule has 0 saturated heterocycles. The summed E-state index contributed by atoms with van der Waals surface area (Å²) in [5, 5.41) is 7.30. The molecule has 8 heteroatoms. The summed E-state index contributed by atoms with van der Waals surface area (Å²) >= 11 is 5.76. The van der Waals surface area contributed by atoms with E-state index >= 15 is 0 Å². The van der Waals surface area contributed by atoms with Crippen LogP contribution in [-0.2, 0) is 22.6 Å². The van der Waals surface area contributed by atoms with Crippen LogP contribution in [0.15, 0.2) is 53.2 Å². The first-order valence-corrected chi connectivity index (χ1v) is 11.2. The van der Waals surface area contributed by atoms with E-state index in [0.29, 0.717) is 40.5 Å². The largest absolute Gasteiger partial charge is 0.347 e. The number of anilines is 1. The molecule has 0 fully saturated rings. The van der Waals surface area contributed by atoms with E-state index in [1.54, 1.807) is 12.3 Å². The van der Waals surface area contributed by atoms with Crippen LogP contribution in [0.5, 0.6) is 0 Å². The Balaban J connectivity index is 1.65. The first-order valence-electron chi connectivity index (χ1n) is 10.7. The Labute approximate surface area is 196 Å². The van der Waals surface area contributed by atoms with Crippen molar-refractivity contribution < 1.29 is 14.1 Å². The zero-order chi connectivity index (χ0) is 23.8. The van der Waals surface area contributed by atoms with E-state index < -0.39 is 11.7 Å². The third-order valence-corrected chi connectivity index (χ3v) is 5.75. The molecule has 0 aliphatic heterocycles. The number of benzene rings is 2. The highest BCUT2D eigenvalue weighted by atomic mass is 35.5. The molecule has 0 saturated carbocycles. The molecule has 4 rings (SSSR count). The van der Waals surface area contributed by atoms with Crippen LogP contribution in [0, 0.1) is 0 Å². The van der Waals surface area contributed by atoms with Crippen molar-refractivity contribution in [1.29, 1.82) is 0 Å². The van der Waals surface area contributed by atoms with Crippen LogP contribution in [0.3, 0.4) is 0 Å². The van der Waals surface area contributed by atoms with Crippen LogP contribution < -0.4 is 5.32 Å². The number of amides is 1. The summed E-state index contributed by atoms with van der Waals surface area (Å²) < 4.78 is 7.02. The molecule has 0 aliphatic carbocycles. The molecule has 0 spiro atoms. The summed E-state index contributed by atoms with van der Waals surface area (Å²) in [5.74, 6) is -0.506. The van der Waals surface area contributed by atoms with Crippen LogP contribution in [0.1, 0.15) is 49.5 Å². The van der Waals surface area contributed by atoms with E-state index in [-0.39, 0.29) is 11.3 Å². The first-order chi connectivity index (χ1) is 15.7. The third kappa shape index (κ3) is 4.54. The van der Waals surface area contributed by atoms with Crippen molar-refractivity contribution in [3.63, 3.8) is 0 Å². The lowest BCUT2D eigenvalue weighted by atomic mass is 9.87. The van der Waals surface area contributed by atoms with Gasteiger partial charge in [0, 0.05) is 34.9 Å². The van der Waals surface area contributed by atoms with E-state index in [0.717, 1.165) is 11.1 Å². The van der Waals surface area contributed by atoms with E-state index in [1.807, 2.05) is 47.9 Å². The summed E-state index contributed by atoms with van der Waals surface area (Å²) in [4.78, 5) is 30.2. The number of Topliss-reactive ketones (excluding diaryl/α,β-unsaturated/α-hetero) is 1. The lowest BCUT2D eigenvalue weighted by Crippen LogP contribution is -2.23. The van der Waals surface area contributed by atoms with Crippen molar-refractivity contribution in [3.05, 3.63) is 65.7 Å². The van der Waals surface area contributed by atoms with E-state index in [9.17, 15) is 9.59 Å². The molecule has 0 atom stereocenters. The molecule has 0 radical (unpaired) electrons. The average Bonchev–Trinajstić information content (AvgIpc) is 3.42. The summed E-state index contributed by atoms with van der Waals surface area (Å²) in [6.07, 6.45) is 1.71. The maximum atomic E-state index is 13.1. The molecule has 33 heavy (non-hydrogen) atoms. The topological polar surface area (TPSA) is 90.0 Å². The monoisotopic (exact) mass is 464 g/mol. The molecule has 2 aromatic heterocycles. The third-order valence-electron chi connectivity index (χ3n) is 5.52. The van der Waals surface area contributed by atoms with Gasteiger partial charge in [-0.25, -0.2) is 0 Å². The SMILES string of the molecule is CCn1cc(C(=O)C(=O)Nc2ccc(C(C)(C)C)cc2)c2cc(-c3noc(CCl)n3)ccc21. The Morgan fingerprint density at radius 1 is 1.12 bits per heavy atom. The number of carbonyl (C=O) groups is 2. The van der Waals surface area contributed by atoms with Crippen LogP contribution >= 0.6 is 11.6 Å². The van der Waals surface area contributed by atoms with E-state index in [4.69, 9.17) is 16.1 Å². The fraction of sp³-hybridized carbons (Fsp3) is 0.280. The minimum absolute atomic E-state index is 0.00127. The van der Waals surface area contributed by atoms with Gasteiger partial charge in [0.25, 0.3) is 11.7 Å². The van der Waals surface area contributed by atoms with Gasteiger partial charge in [-0.05, 0) is 48.2 Å². The number of nitrogens with zero attached hydrogens (tertiary/aromatic N) is 3. The van der Waals surface area contributed by atoms with Crippen molar-refractivity contribution in [2.24, 2.45) is 0 Å². The Morgan fingerprint density at radius 2 is 1.85 bits per heavy atom. The van der Waals surface area contributed by atoms with Crippen LogP contribution in [0.4, 0.5) is 5.69 Å². The lowest BCUT2D eigenvalue weighted by molar-refractivity contribution is -0.112. The highest BCUT2D eigenvalue weighted by molar-refractivity contribution is 6.48. The van der Waals surface area contributed by atoms with Gasteiger partial charge >= 0.3 is 0 Å². The summed E-state index contributed by atoms with van der Waals surface area (Å²) in [7, 11) is 0. The molecule has 2 aromatic carbocycles. The summed E-state index contributed by atoms with van der Waals surface area (Å²) in [5.41, 5.74) is 3.54. The smallest absolute Gasteiger partial charge is 0.296 e. The Bertz CT molecular complexity index is 1330. The molecule has 0 bridgehead atoms. The minimum Gasteiger partial charge on any atom is -0.347 e. The van der Waals surface area contributed by atoms with Gasteiger partial charge in [-0.2, -0.15) is 4.98 Å². The Morgan fingerprint density at radius 3 is 2.45 bits per heavy atom. The van der Waals surface area contributed by atoms with E-state index in [2.05, 4.69) is 36.2 Å². The molecule has 4 aromatic rings. The van der Waals surface area contributed by atoms with Crippen molar-refractivity contribution in [3.8, 4) is 11.4 Å². The van der Waals surface area contributed by atoms with Gasteiger partial charge in [0.2, 0.25) is 11.7 Å². The lowest BCUT2D eigenvalue weighted by Gasteiger charge is -2.19. The fourth-order valence-corrected chi connectivity index (χ4v) is 3.78. The molecule has 0 aliphatic rings. The van der Waals surface area contributed by atoms with Gasteiger partial charge in [0.1, 0.15) is 5.88 Å². The van der Waals surface area contributed by atoms with Crippen molar-refractivity contribution in [1.82, 2.24) is 14.7 Å². The minimum atomic E-state index is -0.692. The predicted octanol–water partition coefficient (Wildman–Crippen LogP) is 5.57. The number of aromatic nitrogens is 3. The standard InChI is InChI=1S/C25H25ClN4O3/c1-5-30-14-19(18-12-15(6-11-20(18)30)23-28-21(13-26)33-29-23)22(31)24(32)27-17-9-7-16(8-10-17)25(2,3)4/h6-12,14H,5,13H2,1-4H3,(H,27,32). The number of rotatable bonds is 6. The van der Waals surface area contributed by atoms with E-state index in [1.165, 1.54) is 0 Å².